The normalized spacial score (nSPS) is 11.4. The maximum atomic E-state index is 4.70. The van der Waals surface area contributed by atoms with Crippen LogP contribution in [0.3, 0.4) is 0 Å². The molecule has 0 bridgehead atoms. The molecular weight excluding hydrogens is 1220 g/mol. The number of para-hydroxylation sites is 3. The van der Waals surface area contributed by atoms with Crippen LogP contribution in [0.5, 0.6) is 0 Å². The van der Waals surface area contributed by atoms with Crippen molar-refractivity contribution in [2.75, 3.05) is 12.1 Å². The van der Waals surface area contributed by atoms with Gasteiger partial charge in [0.15, 0.2) is 0 Å². The summed E-state index contributed by atoms with van der Waals surface area (Å²) in [5.41, 5.74) is 19.9. The van der Waals surface area contributed by atoms with E-state index in [2.05, 4.69) is 188 Å². The van der Waals surface area contributed by atoms with Crippen molar-refractivity contribution in [1.82, 2.24) is 34.9 Å². The van der Waals surface area contributed by atoms with Gasteiger partial charge in [-0.05, 0) is 102 Å². The molecule has 3 radical (unpaired) electrons. The minimum atomic E-state index is 0. The Hall–Kier alpha value is -7.60. The van der Waals surface area contributed by atoms with Gasteiger partial charge in [-0.1, -0.05) is 150 Å². The largest absolute Gasteiger partial charge is 2.00 e. The van der Waals surface area contributed by atoms with E-state index in [1.165, 1.54) is 55.6 Å². The van der Waals surface area contributed by atoms with Crippen molar-refractivity contribution < 1.29 is 58.4 Å². The van der Waals surface area contributed by atoms with Gasteiger partial charge in [0, 0.05) is 55.6 Å². The van der Waals surface area contributed by atoms with Crippen LogP contribution < -0.4 is 5.01 Å². The molecule has 77 heavy (non-hydrogen) atoms. The van der Waals surface area contributed by atoms with Crippen LogP contribution in [0.1, 0.15) is 27.8 Å². The number of hydrazone groups is 1. The van der Waals surface area contributed by atoms with Gasteiger partial charge < -0.3 is 9.91 Å². The van der Waals surface area contributed by atoms with Crippen LogP contribution in [-0.2, 0) is 58.4 Å². The van der Waals surface area contributed by atoms with Crippen LogP contribution in [0.2, 0.25) is 0 Å². The fourth-order valence-electron chi connectivity index (χ4n) is 9.12. The number of hydrogen-bond acceptors (Lipinski definition) is 7. The number of anilines is 1. The molecule has 9 nitrogen and oxygen atoms in total. The summed E-state index contributed by atoms with van der Waals surface area (Å²) >= 11 is 0. The zero-order chi connectivity index (χ0) is 50.8. The Kier molecular flexibility index (Phi) is 20.0. The molecule has 0 unspecified atom stereocenters. The summed E-state index contributed by atoms with van der Waals surface area (Å²) < 4.78 is 1.76. The van der Waals surface area contributed by atoms with E-state index >= 15 is 0 Å². The van der Waals surface area contributed by atoms with Crippen LogP contribution in [0.15, 0.2) is 230 Å². The minimum absolute atomic E-state index is 0. The number of rotatable bonds is 9. The third-order valence-corrected chi connectivity index (χ3v) is 12.6. The first kappa shape index (κ1) is 57.1. The van der Waals surface area contributed by atoms with Crippen LogP contribution in [0, 0.1) is 52.6 Å². The maximum absolute atomic E-state index is 4.70. The van der Waals surface area contributed by atoms with Crippen LogP contribution in [0.4, 0.5) is 5.69 Å². The number of aromatic nitrogens is 6. The molecule has 0 spiro atoms. The smallest absolute Gasteiger partial charge is 0.487 e. The summed E-state index contributed by atoms with van der Waals surface area (Å²) in [6, 6.07) is 81.4. The first-order valence-corrected chi connectivity index (χ1v) is 24.5. The molecule has 1 aliphatic heterocycles. The second-order valence-corrected chi connectivity index (χ2v) is 18.0. The monoisotopic (exact) mass is 1270 g/mol. The summed E-state index contributed by atoms with van der Waals surface area (Å²) in [4.78, 5) is 3.65. The second-order valence-electron chi connectivity index (χ2n) is 18.0. The Balaban J connectivity index is 0.000000165. The molecule has 0 atom stereocenters. The van der Waals surface area contributed by atoms with E-state index in [0.29, 0.717) is 0 Å². The number of hydrogen-bond donors (Lipinski definition) is 0. The third-order valence-electron chi connectivity index (χ3n) is 12.6. The van der Waals surface area contributed by atoms with E-state index in [1.807, 2.05) is 127 Å². The van der Waals surface area contributed by atoms with E-state index in [4.69, 9.17) is 5.10 Å². The van der Waals surface area contributed by atoms with Gasteiger partial charge in [0.25, 0.3) is 0 Å². The van der Waals surface area contributed by atoms with Crippen molar-refractivity contribution >= 4 is 11.5 Å². The topological polar surface area (TPSA) is 80.3 Å². The summed E-state index contributed by atoms with van der Waals surface area (Å²) in [6.45, 7) is 10.5. The molecule has 0 fully saturated rings. The van der Waals surface area contributed by atoms with E-state index in [0.717, 1.165) is 51.0 Å². The van der Waals surface area contributed by atoms with Crippen molar-refractivity contribution in [3.8, 4) is 67.3 Å². The molecule has 2 aromatic heterocycles. The molecule has 0 amide bonds. The SMILES string of the molecule is CN1[CH-]N(c2[c-]cccc2)N=C1c1ccc(-c2ccccc2)cc1.Cc1cc(-c2ccccc2)cc(C)c1-c1cn(-c2[c-]cccc2)nn1.Cc1cc(-c2ccccc2)cc(C)c1-c1cnn(-c2[c-]cccc2)n1.[Rh+2].[Rh].[Rh]. The fraction of sp³-hybridized carbons (Fsp3) is 0.0769. The molecule has 12 heteroatoms. The van der Waals surface area contributed by atoms with Gasteiger partial charge in [0.1, 0.15) is 17.2 Å². The van der Waals surface area contributed by atoms with Gasteiger partial charge in [-0.2, -0.15) is 92.9 Å². The van der Waals surface area contributed by atoms with Crippen LogP contribution in [0.25, 0.3) is 67.3 Å². The van der Waals surface area contributed by atoms with Gasteiger partial charge in [0.05, 0.1) is 12.4 Å². The molecular formula is C65H53N9Rh3-2. The van der Waals surface area contributed by atoms with Crippen molar-refractivity contribution in [3.63, 3.8) is 0 Å². The maximum Gasteiger partial charge on any atom is 2.00 e. The molecule has 0 N–H and O–H groups in total. The Morgan fingerprint density at radius 3 is 1.34 bits per heavy atom. The second kappa shape index (κ2) is 26.9. The summed E-state index contributed by atoms with van der Waals surface area (Å²) in [6.07, 6.45) is 3.78. The predicted octanol–water partition coefficient (Wildman–Crippen LogP) is 14.4. The van der Waals surface area contributed by atoms with E-state index in [1.54, 1.807) is 9.48 Å². The quantitative estimate of drug-likeness (QED) is 0.106. The molecule has 9 aromatic carbocycles. The van der Waals surface area contributed by atoms with E-state index in [9.17, 15) is 0 Å². The van der Waals surface area contributed by atoms with Crippen molar-refractivity contribution in [3.05, 3.63) is 277 Å². The summed E-state index contributed by atoms with van der Waals surface area (Å²) in [7, 11) is 2.01. The number of benzene rings is 9. The molecule has 12 rings (SSSR count). The number of nitrogens with zero attached hydrogens (tertiary/aromatic N) is 9. The Morgan fingerprint density at radius 2 is 0.857 bits per heavy atom. The van der Waals surface area contributed by atoms with Crippen LogP contribution >= 0.6 is 0 Å². The standard InChI is InChI=1S/2C22H18N3.C21H17N3.3Rh/c1-16-13-19(18-9-5-3-6-10-18)14-17(2)22(16)21-15-25(24-23-21)20-11-7-4-8-12-20;1-16-13-19(18-9-5-3-6-10-18)14-17(2)22(16)21-15-23-25(24-21)20-11-7-4-8-12-20;1-23-16-24(20-10-6-3-7-11-20)22-21(23)19-14-12-18(13-15-19)17-8-4-2-5-9-17;;;/h2*3-11,13-15H,1-2H3;2-10,12-16H,1H3;;;/q2*-1;-2;;;+2. The average molecular weight is 1270 g/mol. The predicted molar refractivity (Wildman–Crippen MR) is 299 cm³/mol. The van der Waals surface area contributed by atoms with Crippen molar-refractivity contribution in [1.29, 1.82) is 0 Å². The molecule has 387 valence electrons. The van der Waals surface area contributed by atoms with Gasteiger partial charge in [-0.15, -0.1) is 30.0 Å². The average Bonchev–Trinajstić information content (AvgIpc) is 4.25. The van der Waals surface area contributed by atoms with E-state index in [-0.39, 0.29) is 58.4 Å². The minimum Gasteiger partial charge on any atom is -0.487 e. The first-order valence-electron chi connectivity index (χ1n) is 24.5. The molecule has 11 aromatic rings. The third kappa shape index (κ3) is 13.7. The number of amidine groups is 1. The Morgan fingerprint density at radius 1 is 0.442 bits per heavy atom. The Bertz CT molecular complexity index is 3420. The molecule has 0 aliphatic carbocycles. The molecule has 0 saturated heterocycles. The summed E-state index contributed by atoms with van der Waals surface area (Å²) in [5.74, 6) is 0.923. The zero-order valence-electron chi connectivity index (χ0n) is 43.0. The van der Waals surface area contributed by atoms with Crippen LogP contribution in [-0.4, -0.2) is 47.8 Å². The first-order chi connectivity index (χ1) is 36.3. The molecule has 0 saturated carbocycles. The molecule has 1 aliphatic rings. The van der Waals surface area contributed by atoms with Crippen molar-refractivity contribution in [2.45, 2.75) is 27.7 Å². The van der Waals surface area contributed by atoms with E-state index < -0.39 is 0 Å². The van der Waals surface area contributed by atoms with Gasteiger partial charge in [0.2, 0.25) is 0 Å². The van der Waals surface area contributed by atoms with Gasteiger partial charge in [-0.25, -0.2) is 4.68 Å². The van der Waals surface area contributed by atoms with Crippen molar-refractivity contribution in [2.24, 2.45) is 5.10 Å². The fourth-order valence-corrected chi connectivity index (χ4v) is 9.12. The molecule has 3 heterocycles. The Labute approximate surface area is 490 Å². The zero-order valence-corrected chi connectivity index (χ0v) is 47.9. The van der Waals surface area contributed by atoms with Gasteiger partial charge in [-0.3, -0.25) is 0 Å². The summed E-state index contributed by atoms with van der Waals surface area (Å²) in [5, 5.41) is 24.2. The number of aryl methyl sites for hydroxylation is 4. The van der Waals surface area contributed by atoms with Gasteiger partial charge >= 0.3 is 19.5 Å².